The molecule has 3 aromatic carbocycles. The molecule has 0 heterocycles. The van der Waals surface area contributed by atoms with Gasteiger partial charge < -0.3 is 9.47 Å². The Kier molecular flexibility index (Phi) is 5.31. The second kappa shape index (κ2) is 8.02. The summed E-state index contributed by atoms with van der Waals surface area (Å²) in [5.74, 6) is 1.74. The molecule has 0 saturated heterocycles. The second-order valence-corrected chi connectivity index (χ2v) is 5.45. The first-order chi connectivity index (χ1) is 11.8. The van der Waals surface area contributed by atoms with Crippen molar-refractivity contribution in [3.63, 3.8) is 0 Å². The highest BCUT2D eigenvalue weighted by molar-refractivity contribution is 5.70. The van der Waals surface area contributed by atoms with Crippen LogP contribution in [-0.4, -0.2) is 7.11 Å². The third-order valence-electron chi connectivity index (χ3n) is 3.69. The van der Waals surface area contributed by atoms with E-state index >= 15 is 0 Å². The quantitative estimate of drug-likeness (QED) is 0.563. The lowest BCUT2D eigenvalue weighted by molar-refractivity contribution is 0.306. The van der Waals surface area contributed by atoms with Crippen molar-refractivity contribution in [1.82, 2.24) is 0 Å². The van der Waals surface area contributed by atoms with Crippen molar-refractivity contribution in [2.24, 2.45) is 0 Å². The van der Waals surface area contributed by atoms with Gasteiger partial charge in [0.15, 0.2) is 0 Å². The highest BCUT2D eigenvalue weighted by atomic mass is 16.5. The SMILES string of the molecule is COc1cccc(/C=C/c2ccc(OCc3ccccc3)cc2)c1. The summed E-state index contributed by atoms with van der Waals surface area (Å²) in [6, 6.07) is 26.2. The highest BCUT2D eigenvalue weighted by Gasteiger charge is 1.96. The molecular weight excluding hydrogens is 296 g/mol. The molecule has 120 valence electrons. The maximum absolute atomic E-state index is 5.80. The standard InChI is InChI=1S/C22H20O2/c1-23-22-9-5-8-19(16-22)11-10-18-12-14-21(15-13-18)24-17-20-6-3-2-4-7-20/h2-16H,17H2,1H3/b11-10+. The van der Waals surface area contributed by atoms with E-state index in [1.807, 2.05) is 48.5 Å². The minimum atomic E-state index is 0.583. The number of hydrogen-bond acceptors (Lipinski definition) is 2. The number of hydrogen-bond donors (Lipinski definition) is 0. The molecule has 0 saturated carbocycles. The molecule has 0 aliphatic rings. The molecule has 0 amide bonds. The lowest BCUT2D eigenvalue weighted by Gasteiger charge is -2.06. The molecule has 3 rings (SSSR count). The molecule has 0 aliphatic heterocycles. The number of rotatable bonds is 6. The van der Waals surface area contributed by atoms with Crippen LogP contribution in [0.25, 0.3) is 12.2 Å². The van der Waals surface area contributed by atoms with Crippen LogP contribution >= 0.6 is 0 Å². The molecule has 0 atom stereocenters. The van der Waals surface area contributed by atoms with Crippen LogP contribution < -0.4 is 9.47 Å². The maximum atomic E-state index is 5.80. The zero-order chi connectivity index (χ0) is 16.6. The van der Waals surface area contributed by atoms with Crippen LogP contribution in [-0.2, 0) is 6.61 Å². The fourth-order valence-electron chi connectivity index (χ4n) is 2.35. The van der Waals surface area contributed by atoms with E-state index < -0.39 is 0 Å². The molecule has 0 fully saturated rings. The van der Waals surface area contributed by atoms with Crippen molar-refractivity contribution >= 4 is 12.2 Å². The summed E-state index contributed by atoms with van der Waals surface area (Å²) in [6.07, 6.45) is 4.15. The summed E-state index contributed by atoms with van der Waals surface area (Å²) < 4.78 is 11.0. The Morgan fingerprint density at radius 3 is 2.21 bits per heavy atom. The average Bonchev–Trinajstić information content (AvgIpc) is 2.66. The summed E-state index contributed by atoms with van der Waals surface area (Å²) in [6.45, 7) is 0.583. The average molecular weight is 316 g/mol. The first-order valence-electron chi connectivity index (χ1n) is 7.92. The Bertz CT molecular complexity index is 790. The van der Waals surface area contributed by atoms with Crippen LogP contribution in [0.1, 0.15) is 16.7 Å². The second-order valence-electron chi connectivity index (χ2n) is 5.45. The minimum Gasteiger partial charge on any atom is -0.497 e. The van der Waals surface area contributed by atoms with Gasteiger partial charge in [0.2, 0.25) is 0 Å². The number of benzene rings is 3. The molecule has 3 aromatic rings. The van der Waals surface area contributed by atoms with Gasteiger partial charge in [-0.2, -0.15) is 0 Å². The van der Waals surface area contributed by atoms with Crippen molar-refractivity contribution < 1.29 is 9.47 Å². The molecule has 0 radical (unpaired) electrons. The predicted octanol–water partition coefficient (Wildman–Crippen LogP) is 5.44. The zero-order valence-corrected chi connectivity index (χ0v) is 13.7. The van der Waals surface area contributed by atoms with Crippen molar-refractivity contribution in [2.75, 3.05) is 7.11 Å². The van der Waals surface area contributed by atoms with Gasteiger partial charge in [0.05, 0.1) is 7.11 Å². The Labute approximate surface area is 143 Å². The normalized spacial score (nSPS) is 10.7. The van der Waals surface area contributed by atoms with Crippen LogP contribution in [0.4, 0.5) is 0 Å². The van der Waals surface area contributed by atoms with Gasteiger partial charge in [-0.15, -0.1) is 0 Å². The summed E-state index contributed by atoms with van der Waals surface area (Å²) in [4.78, 5) is 0. The summed E-state index contributed by atoms with van der Waals surface area (Å²) in [7, 11) is 1.68. The molecule has 0 N–H and O–H groups in total. The minimum absolute atomic E-state index is 0.583. The van der Waals surface area contributed by atoms with Crippen LogP contribution in [0, 0.1) is 0 Å². The fourth-order valence-corrected chi connectivity index (χ4v) is 2.35. The Hall–Kier alpha value is -3.00. The molecule has 0 spiro atoms. The molecular formula is C22H20O2. The molecule has 0 aromatic heterocycles. The van der Waals surface area contributed by atoms with E-state index in [0.717, 1.165) is 22.6 Å². The largest absolute Gasteiger partial charge is 0.497 e. The molecule has 0 unspecified atom stereocenters. The van der Waals surface area contributed by atoms with E-state index in [4.69, 9.17) is 9.47 Å². The monoisotopic (exact) mass is 316 g/mol. The summed E-state index contributed by atoms with van der Waals surface area (Å²) in [5.41, 5.74) is 3.41. The van der Waals surface area contributed by atoms with E-state index in [0.29, 0.717) is 6.61 Å². The van der Waals surface area contributed by atoms with E-state index in [1.165, 1.54) is 5.56 Å². The molecule has 2 nitrogen and oxygen atoms in total. The Balaban J connectivity index is 1.60. The van der Waals surface area contributed by atoms with Crippen LogP contribution in [0.5, 0.6) is 11.5 Å². The fraction of sp³-hybridized carbons (Fsp3) is 0.0909. The van der Waals surface area contributed by atoms with Crippen LogP contribution in [0.2, 0.25) is 0 Å². The van der Waals surface area contributed by atoms with Gasteiger partial charge in [0.25, 0.3) is 0 Å². The van der Waals surface area contributed by atoms with Gasteiger partial charge in [0, 0.05) is 0 Å². The van der Waals surface area contributed by atoms with Crippen molar-refractivity contribution in [3.8, 4) is 11.5 Å². The molecule has 0 bridgehead atoms. The van der Waals surface area contributed by atoms with E-state index in [9.17, 15) is 0 Å². The van der Waals surface area contributed by atoms with E-state index in [-0.39, 0.29) is 0 Å². The molecule has 2 heteroatoms. The predicted molar refractivity (Wildman–Crippen MR) is 99.1 cm³/mol. The first kappa shape index (κ1) is 15.9. The van der Waals surface area contributed by atoms with Gasteiger partial charge in [-0.05, 0) is 41.0 Å². The molecule has 24 heavy (non-hydrogen) atoms. The van der Waals surface area contributed by atoms with Gasteiger partial charge >= 0.3 is 0 Å². The van der Waals surface area contributed by atoms with Gasteiger partial charge in [-0.25, -0.2) is 0 Å². The van der Waals surface area contributed by atoms with Crippen LogP contribution in [0.3, 0.4) is 0 Å². The Morgan fingerprint density at radius 1 is 0.708 bits per heavy atom. The van der Waals surface area contributed by atoms with Crippen molar-refractivity contribution in [1.29, 1.82) is 0 Å². The summed E-state index contributed by atoms with van der Waals surface area (Å²) >= 11 is 0. The van der Waals surface area contributed by atoms with Crippen LogP contribution in [0.15, 0.2) is 78.9 Å². The number of methoxy groups -OCH3 is 1. The van der Waals surface area contributed by atoms with E-state index in [1.54, 1.807) is 7.11 Å². The lowest BCUT2D eigenvalue weighted by atomic mass is 10.1. The lowest BCUT2D eigenvalue weighted by Crippen LogP contribution is -1.94. The number of ether oxygens (including phenoxy) is 2. The van der Waals surface area contributed by atoms with Gasteiger partial charge in [-0.3, -0.25) is 0 Å². The third-order valence-corrected chi connectivity index (χ3v) is 3.69. The first-order valence-corrected chi connectivity index (χ1v) is 7.92. The smallest absolute Gasteiger partial charge is 0.119 e. The van der Waals surface area contributed by atoms with Gasteiger partial charge in [0.1, 0.15) is 18.1 Å². The zero-order valence-electron chi connectivity index (χ0n) is 13.7. The third kappa shape index (κ3) is 4.50. The maximum Gasteiger partial charge on any atom is 0.119 e. The van der Waals surface area contributed by atoms with Gasteiger partial charge in [-0.1, -0.05) is 66.7 Å². The topological polar surface area (TPSA) is 18.5 Å². The van der Waals surface area contributed by atoms with E-state index in [2.05, 4.69) is 42.5 Å². The van der Waals surface area contributed by atoms with Crippen molar-refractivity contribution in [2.45, 2.75) is 6.61 Å². The highest BCUT2D eigenvalue weighted by Crippen LogP contribution is 2.18. The molecule has 0 aliphatic carbocycles. The summed E-state index contributed by atoms with van der Waals surface area (Å²) in [5, 5.41) is 0. The van der Waals surface area contributed by atoms with Crippen molar-refractivity contribution in [3.05, 3.63) is 95.6 Å². The Morgan fingerprint density at radius 2 is 1.46 bits per heavy atom.